The summed E-state index contributed by atoms with van der Waals surface area (Å²) in [6.07, 6.45) is -1.27. The minimum atomic E-state index is -4.55. The van der Waals surface area contributed by atoms with Crippen molar-refractivity contribution in [3.05, 3.63) is 69.1 Å². The average Bonchev–Trinajstić information content (AvgIpc) is 3.06. The van der Waals surface area contributed by atoms with Gasteiger partial charge < -0.3 is 5.32 Å². The fourth-order valence-corrected chi connectivity index (χ4v) is 4.51. The number of aryl methyl sites for hydroxylation is 1. The Bertz CT molecular complexity index is 1200. The van der Waals surface area contributed by atoms with Crippen molar-refractivity contribution in [1.82, 2.24) is 14.5 Å². The fraction of sp³-hybridized carbons (Fsp3) is 0.440. The Morgan fingerprint density at radius 1 is 1.06 bits per heavy atom. The summed E-state index contributed by atoms with van der Waals surface area (Å²) >= 11 is 5.95. The molecule has 0 aliphatic rings. The van der Waals surface area contributed by atoms with Gasteiger partial charge in [0.05, 0.1) is 27.2 Å². The van der Waals surface area contributed by atoms with Gasteiger partial charge in [-0.2, -0.15) is 13.2 Å². The lowest BCUT2D eigenvalue weighted by Crippen LogP contribution is -2.28. The molecule has 0 bridgehead atoms. The molecule has 1 N–H and O–H groups in total. The number of fused-ring (bicyclic) bond motifs is 1. The van der Waals surface area contributed by atoms with Crippen LogP contribution in [0.4, 0.5) is 13.2 Å². The molecule has 0 radical (unpaired) electrons. The van der Waals surface area contributed by atoms with Crippen molar-refractivity contribution in [2.75, 3.05) is 6.54 Å². The molecule has 1 amide bonds. The molecule has 0 aliphatic carbocycles. The number of nitrogens with zero attached hydrogens (tertiary/aromatic N) is 2. The van der Waals surface area contributed by atoms with Crippen molar-refractivity contribution in [3.63, 3.8) is 0 Å². The molecule has 3 rings (SSSR count). The largest absolute Gasteiger partial charge is 0.416 e. The normalized spacial score (nSPS) is 12.8. The second kappa shape index (κ2) is 11.1. The summed E-state index contributed by atoms with van der Waals surface area (Å²) in [5.41, 5.74) is 0.679. The predicted octanol–water partition coefficient (Wildman–Crippen LogP) is 6.12. The van der Waals surface area contributed by atoms with E-state index < -0.39 is 17.6 Å². The van der Waals surface area contributed by atoms with Crippen LogP contribution in [0.15, 0.2) is 47.3 Å². The lowest BCUT2D eigenvalue weighted by molar-refractivity contribution is -0.137. The summed E-state index contributed by atoms with van der Waals surface area (Å²) in [5, 5.41) is 2.64. The van der Waals surface area contributed by atoms with Gasteiger partial charge in [0, 0.05) is 19.6 Å². The average molecular weight is 496 g/mol. The Hall–Kier alpha value is -2.74. The number of benzene rings is 2. The van der Waals surface area contributed by atoms with Gasteiger partial charge >= 0.3 is 11.9 Å². The van der Waals surface area contributed by atoms with Crippen LogP contribution in [-0.4, -0.2) is 21.6 Å². The molecule has 34 heavy (non-hydrogen) atoms. The first-order valence-corrected chi connectivity index (χ1v) is 11.9. The monoisotopic (exact) mass is 495 g/mol. The number of halogens is 4. The number of alkyl halides is 3. The van der Waals surface area contributed by atoms with Gasteiger partial charge in [0.25, 0.3) is 5.91 Å². The third-order valence-electron chi connectivity index (χ3n) is 5.99. The quantitative estimate of drug-likeness (QED) is 0.344. The van der Waals surface area contributed by atoms with E-state index >= 15 is 0 Å². The molecule has 0 aliphatic heterocycles. The van der Waals surface area contributed by atoms with Gasteiger partial charge in [-0.3, -0.25) is 13.9 Å². The van der Waals surface area contributed by atoms with E-state index in [1.807, 2.05) is 35.8 Å². The Morgan fingerprint density at radius 3 is 2.35 bits per heavy atom. The lowest BCUT2D eigenvalue weighted by atomic mass is 9.97. The van der Waals surface area contributed by atoms with Gasteiger partial charge in [0.2, 0.25) is 0 Å². The Balaban J connectivity index is 1.64. The van der Waals surface area contributed by atoms with Crippen molar-refractivity contribution >= 4 is 28.5 Å². The van der Waals surface area contributed by atoms with Crippen molar-refractivity contribution in [1.29, 1.82) is 0 Å². The van der Waals surface area contributed by atoms with Crippen LogP contribution in [0.5, 0.6) is 0 Å². The lowest BCUT2D eigenvalue weighted by Gasteiger charge is -2.17. The molecule has 3 aromatic rings. The number of imidazole rings is 1. The summed E-state index contributed by atoms with van der Waals surface area (Å²) in [7, 11) is 0. The minimum Gasteiger partial charge on any atom is -0.352 e. The van der Waals surface area contributed by atoms with Crippen LogP contribution in [0, 0.1) is 5.92 Å². The zero-order chi connectivity index (χ0) is 24.9. The molecular formula is C25H29ClF3N3O2. The van der Waals surface area contributed by atoms with E-state index in [1.165, 1.54) is 0 Å². The first kappa shape index (κ1) is 25.9. The van der Waals surface area contributed by atoms with Gasteiger partial charge in [-0.05, 0) is 62.4 Å². The zero-order valence-corrected chi connectivity index (χ0v) is 20.0. The maximum absolute atomic E-state index is 13.0. The maximum Gasteiger partial charge on any atom is 0.416 e. The van der Waals surface area contributed by atoms with Crippen LogP contribution in [0.3, 0.4) is 0 Å². The molecule has 1 atom stereocenters. The van der Waals surface area contributed by atoms with E-state index in [1.54, 1.807) is 4.57 Å². The van der Waals surface area contributed by atoms with Gasteiger partial charge in [-0.25, -0.2) is 4.79 Å². The van der Waals surface area contributed by atoms with Gasteiger partial charge in [-0.15, -0.1) is 0 Å². The smallest absolute Gasteiger partial charge is 0.352 e. The number of carbonyl (C=O) groups excluding carboxylic acids is 1. The third kappa shape index (κ3) is 5.84. The van der Waals surface area contributed by atoms with Crippen LogP contribution in [0.25, 0.3) is 11.0 Å². The highest BCUT2D eigenvalue weighted by Gasteiger charge is 2.31. The van der Waals surface area contributed by atoms with E-state index in [0.717, 1.165) is 48.5 Å². The van der Waals surface area contributed by atoms with Crippen molar-refractivity contribution in [2.24, 2.45) is 5.92 Å². The minimum absolute atomic E-state index is 0.0268. The molecular weight excluding hydrogens is 467 g/mol. The molecule has 0 spiro atoms. The molecule has 1 aromatic heterocycles. The van der Waals surface area contributed by atoms with E-state index in [2.05, 4.69) is 12.2 Å². The third-order valence-corrected chi connectivity index (χ3v) is 6.32. The molecule has 5 nitrogen and oxygen atoms in total. The highest BCUT2D eigenvalue weighted by molar-refractivity contribution is 6.33. The summed E-state index contributed by atoms with van der Waals surface area (Å²) < 4.78 is 42.5. The van der Waals surface area contributed by atoms with E-state index in [-0.39, 0.29) is 22.2 Å². The number of carbonyl (C=O) groups is 1. The highest BCUT2D eigenvalue weighted by Crippen LogP contribution is 2.31. The number of nitrogens with one attached hydrogen (secondary N) is 1. The Kier molecular flexibility index (Phi) is 8.47. The molecule has 2 aromatic carbocycles. The summed E-state index contributed by atoms with van der Waals surface area (Å²) in [6, 6.07) is 10.4. The first-order chi connectivity index (χ1) is 16.2. The number of aromatic nitrogens is 2. The van der Waals surface area contributed by atoms with Crippen molar-refractivity contribution in [3.8, 4) is 0 Å². The van der Waals surface area contributed by atoms with Crippen LogP contribution in [-0.2, 0) is 19.3 Å². The highest BCUT2D eigenvalue weighted by atomic mass is 35.5. The SMILES string of the molecule is CCCC(CCCNC(=O)c1cc(C(F)(F)F)ccc1Cl)Cn1c(=O)n(CC)c2ccccc21. The maximum atomic E-state index is 13.0. The first-order valence-electron chi connectivity index (χ1n) is 11.5. The zero-order valence-electron chi connectivity index (χ0n) is 19.3. The van der Waals surface area contributed by atoms with Crippen molar-refractivity contribution < 1.29 is 18.0 Å². The van der Waals surface area contributed by atoms with Gasteiger partial charge in [0.15, 0.2) is 0 Å². The second-order valence-corrected chi connectivity index (χ2v) is 8.78. The van der Waals surface area contributed by atoms with Crippen LogP contribution >= 0.6 is 11.6 Å². The second-order valence-electron chi connectivity index (χ2n) is 8.37. The van der Waals surface area contributed by atoms with Gasteiger partial charge in [-0.1, -0.05) is 37.1 Å². The van der Waals surface area contributed by atoms with Crippen LogP contribution in [0.2, 0.25) is 5.02 Å². The number of para-hydroxylation sites is 2. The van der Waals surface area contributed by atoms with Crippen molar-refractivity contribution in [2.45, 2.75) is 58.8 Å². The molecule has 0 saturated heterocycles. The van der Waals surface area contributed by atoms with E-state index in [9.17, 15) is 22.8 Å². The fourth-order valence-electron chi connectivity index (χ4n) is 4.31. The topological polar surface area (TPSA) is 56.0 Å². The number of rotatable bonds is 10. The van der Waals surface area contributed by atoms with E-state index in [0.29, 0.717) is 26.1 Å². The van der Waals surface area contributed by atoms with Gasteiger partial charge in [0.1, 0.15) is 0 Å². The molecule has 9 heteroatoms. The predicted molar refractivity (Wildman–Crippen MR) is 128 cm³/mol. The van der Waals surface area contributed by atoms with E-state index in [4.69, 9.17) is 11.6 Å². The standard InChI is InChI=1S/C25H29ClF3N3O2/c1-3-8-17(16-32-22-11-6-5-10-21(22)31(4-2)24(32)34)9-7-14-30-23(33)19-15-18(25(27,28)29)12-13-20(19)26/h5-6,10-13,15,17H,3-4,7-9,14,16H2,1-2H3,(H,30,33). The molecule has 0 fully saturated rings. The Labute approximate surface area is 201 Å². The molecule has 1 heterocycles. The molecule has 184 valence electrons. The summed E-state index contributed by atoms with van der Waals surface area (Å²) in [5.74, 6) is -0.404. The van der Waals surface area contributed by atoms with Crippen LogP contribution in [0.1, 0.15) is 55.5 Å². The summed E-state index contributed by atoms with van der Waals surface area (Å²) in [4.78, 5) is 25.4. The number of hydrogen-bond acceptors (Lipinski definition) is 2. The Morgan fingerprint density at radius 2 is 1.74 bits per heavy atom. The number of amides is 1. The molecule has 1 unspecified atom stereocenters. The van der Waals surface area contributed by atoms with Crippen LogP contribution < -0.4 is 11.0 Å². The molecule has 0 saturated carbocycles. The summed E-state index contributed by atoms with van der Waals surface area (Å²) in [6.45, 7) is 5.50. The number of hydrogen-bond donors (Lipinski definition) is 1.